The van der Waals surface area contributed by atoms with Crippen LogP contribution in [-0.2, 0) is 17.8 Å². The number of hydrogen-bond acceptors (Lipinski definition) is 3. The first-order valence-corrected chi connectivity index (χ1v) is 9.98. The van der Waals surface area contributed by atoms with Gasteiger partial charge < -0.3 is 9.30 Å². The Kier molecular flexibility index (Phi) is 5.98. The molecule has 0 saturated carbocycles. The highest BCUT2D eigenvalue weighted by Crippen LogP contribution is 2.23. The van der Waals surface area contributed by atoms with E-state index in [0.29, 0.717) is 12.1 Å². The highest BCUT2D eigenvalue weighted by molar-refractivity contribution is 6.07. The summed E-state index contributed by atoms with van der Waals surface area (Å²) in [5, 5.41) is 0.825. The first-order chi connectivity index (χ1) is 15.1. The van der Waals surface area contributed by atoms with Crippen LogP contribution in [0, 0.1) is 0 Å². The Morgan fingerprint density at radius 3 is 2.29 bits per heavy atom. The average Bonchev–Trinajstić information content (AvgIpc) is 3.17. The lowest BCUT2D eigenvalue weighted by atomic mass is 10.1. The van der Waals surface area contributed by atoms with Gasteiger partial charge in [-0.3, -0.25) is 20.4 Å². The molecular weight excluding hydrogens is 390 g/mol. The van der Waals surface area contributed by atoms with Crippen molar-refractivity contribution in [2.45, 2.75) is 13.0 Å². The van der Waals surface area contributed by atoms with Crippen molar-refractivity contribution in [2.24, 2.45) is 0 Å². The van der Waals surface area contributed by atoms with E-state index in [-0.39, 0.29) is 18.2 Å². The van der Waals surface area contributed by atoms with Crippen molar-refractivity contribution in [1.29, 1.82) is 0 Å². The highest BCUT2D eigenvalue weighted by atomic mass is 16.5. The van der Waals surface area contributed by atoms with Gasteiger partial charge in [-0.15, -0.1) is 0 Å². The van der Waals surface area contributed by atoms with Crippen LogP contribution in [0.2, 0.25) is 0 Å². The van der Waals surface area contributed by atoms with Gasteiger partial charge in [0, 0.05) is 23.6 Å². The number of ether oxygens (including phenoxy) is 1. The molecule has 4 rings (SSSR count). The van der Waals surface area contributed by atoms with Gasteiger partial charge in [0.1, 0.15) is 5.75 Å². The Hall–Kier alpha value is -4.06. The summed E-state index contributed by atoms with van der Waals surface area (Å²) in [7, 11) is 1.64. The van der Waals surface area contributed by atoms with Gasteiger partial charge in [-0.25, -0.2) is 0 Å². The van der Waals surface area contributed by atoms with Crippen LogP contribution in [0.25, 0.3) is 10.9 Å². The maximum atomic E-state index is 12.8. The molecule has 0 unspecified atom stereocenters. The number of rotatable bonds is 6. The minimum atomic E-state index is -0.355. The number of nitrogens with zero attached hydrogens (tertiary/aromatic N) is 1. The lowest BCUT2D eigenvalue weighted by molar-refractivity contribution is -0.121. The van der Waals surface area contributed by atoms with Crippen molar-refractivity contribution >= 4 is 22.7 Å². The lowest BCUT2D eigenvalue weighted by Crippen LogP contribution is -2.42. The summed E-state index contributed by atoms with van der Waals surface area (Å²) in [6.07, 6.45) is 2.01. The summed E-state index contributed by atoms with van der Waals surface area (Å²) in [5.41, 5.74) is 8.45. The Morgan fingerprint density at radius 1 is 0.839 bits per heavy atom. The quantitative estimate of drug-likeness (QED) is 0.474. The number of carbonyl (C=O) groups is 2. The zero-order valence-corrected chi connectivity index (χ0v) is 17.2. The number of methoxy groups -OCH3 is 1. The minimum absolute atomic E-state index is 0.195. The van der Waals surface area contributed by atoms with Crippen molar-refractivity contribution in [3.8, 4) is 5.75 Å². The van der Waals surface area contributed by atoms with E-state index in [9.17, 15) is 9.59 Å². The fraction of sp³-hybridized carbons (Fsp3) is 0.120. The predicted octanol–water partition coefficient (Wildman–Crippen LogP) is 3.70. The number of carbonyl (C=O) groups excluding carboxylic acids is 2. The van der Waals surface area contributed by atoms with E-state index >= 15 is 0 Å². The van der Waals surface area contributed by atoms with Gasteiger partial charge in [-0.1, -0.05) is 60.7 Å². The molecule has 0 bridgehead atoms. The molecule has 0 radical (unpaired) electrons. The molecule has 1 heterocycles. The molecule has 6 heteroatoms. The zero-order chi connectivity index (χ0) is 21.6. The number of benzene rings is 3. The number of hydrazine groups is 1. The molecule has 0 aliphatic rings. The van der Waals surface area contributed by atoms with Crippen LogP contribution in [0.15, 0.2) is 85.1 Å². The van der Waals surface area contributed by atoms with E-state index in [0.717, 1.165) is 27.8 Å². The van der Waals surface area contributed by atoms with E-state index in [1.807, 2.05) is 89.6 Å². The first-order valence-electron chi connectivity index (χ1n) is 9.98. The fourth-order valence-electron chi connectivity index (χ4n) is 3.51. The van der Waals surface area contributed by atoms with Gasteiger partial charge in [0.15, 0.2) is 0 Å². The number of fused-ring (bicyclic) bond motifs is 1. The van der Waals surface area contributed by atoms with Crippen molar-refractivity contribution in [2.75, 3.05) is 7.11 Å². The second-order valence-electron chi connectivity index (χ2n) is 7.20. The van der Waals surface area contributed by atoms with E-state index in [1.54, 1.807) is 7.11 Å². The molecule has 3 aromatic carbocycles. The van der Waals surface area contributed by atoms with Gasteiger partial charge in [0.05, 0.1) is 19.1 Å². The molecule has 31 heavy (non-hydrogen) atoms. The van der Waals surface area contributed by atoms with Crippen LogP contribution >= 0.6 is 0 Å². The molecule has 0 saturated heterocycles. The standard InChI is InChI=1S/C25H23N3O3/c1-31-20-13-11-19(12-14-20)16-28-17-22(21-9-5-6-10-23(21)28)25(30)27-26-24(29)15-18-7-3-2-4-8-18/h2-14,17H,15-16H2,1H3,(H,26,29)(H,27,30). The number of hydrogen-bond donors (Lipinski definition) is 2. The normalized spacial score (nSPS) is 10.6. The molecular formula is C25H23N3O3. The Labute approximate surface area is 180 Å². The van der Waals surface area contributed by atoms with Gasteiger partial charge in [-0.2, -0.15) is 0 Å². The maximum Gasteiger partial charge on any atom is 0.271 e. The monoisotopic (exact) mass is 413 g/mol. The van der Waals surface area contributed by atoms with Crippen molar-refractivity contribution in [3.05, 3.63) is 102 Å². The summed E-state index contributed by atoms with van der Waals surface area (Å²) >= 11 is 0. The van der Waals surface area contributed by atoms with Crippen LogP contribution in [0.3, 0.4) is 0 Å². The third-order valence-electron chi connectivity index (χ3n) is 5.07. The largest absolute Gasteiger partial charge is 0.497 e. The molecule has 0 atom stereocenters. The SMILES string of the molecule is COc1ccc(Cn2cc(C(=O)NNC(=O)Cc3ccccc3)c3ccccc32)cc1. The van der Waals surface area contributed by atoms with Crippen LogP contribution in [-0.4, -0.2) is 23.5 Å². The molecule has 1 aromatic heterocycles. The Balaban J connectivity index is 1.49. The van der Waals surface area contributed by atoms with Crippen LogP contribution in [0.4, 0.5) is 0 Å². The van der Waals surface area contributed by atoms with Crippen molar-refractivity contribution in [1.82, 2.24) is 15.4 Å². The fourth-order valence-corrected chi connectivity index (χ4v) is 3.51. The summed E-state index contributed by atoms with van der Waals surface area (Å²) in [6.45, 7) is 0.609. The third kappa shape index (κ3) is 4.75. The zero-order valence-electron chi connectivity index (χ0n) is 17.2. The molecule has 4 aromatic rings. The number of para-hydroxylation sites is 1. The highest BCUT2D eigenvalue weighted by Gasteiger charge is 2.16. The van der Waals surface area contributed by atoms with E-state index in [2.05, 4.69) is 10.9 Å². The number of aromatic nitrogens is 1. The summed E-state index contributed by atoms with van der Waals surface area (Å²) in [5.74, 6) is 0.167. The molecule has 0 aliphatic carbocycles. The predicted molar refractivity (Wildman–Crippen MR) is 120 cm³/mol. The molecule has 156 valence electrons. The van der Waals surface area contributed by atoms with Gasteiger partial charge >= 0.3 is 0 Å². The third-order valence-corrected chi connectivity index (χ3v) is 5.07. The average molecular weight is 413 g/mol. The molecule has 2 N–H and O–H groups in total. The molecule has 2 amide bonds. The first kappa shape index (κ1) is 20.2. The van der Waals surface area contributed by atoms with E-state index < -0.39 is 0 Å². The van der Waals surface area contributed by atoms with Crippen LogP contribution < -0.4 is 15.6 Å². The van der Waals surface area contributed by atoms with Crippen LogP contribution in [0.5, 0.6) is 5.75 Å². The lowest BCUT2D eigenvalue weighted by Gasteiger charge is -2.07. The van der Waals surface area contributed by atoms with Gasteiger partial charge in [0.25, 0.3) is 5.91 Å². The maximum absolute atomic E-state index is 12.8. The number of amides is 2. The summed E-state index contributed by atoms with van der Waals surface area (Å²) in [6, 6.07) is 24.9. The smallest absolute Gasteiger partial charge is 0.271 e. The molecule has 0 spiro atoms. The second kappa shape index (κ2) is 9.17. The van der Waals surface area contributed by atoms with Gasteiger partial charge in [-0.05, 0) is 29.3 Å². The van der Waals surface area contributed by atoms with Crippen molar-refractivity contribution in [3.63, 3.8) is 0 Å². The minimum Gasteiger partial charge on any atom is -0.497 e. The van der Waals surface area contributed by atoms with Crippen molar-refractivity contribution < 1.29 is 14.3 Å². The van der Waals surface area contributed by atoms with Crippen LogP contribution in [0.1, 0.15) is 21.5 Å². The summed E-state index contributed by atoms with van der Waals surface area (Å²) in [4.78, 5) is 25.0. The second-order valence-corrected chi connectivity index (χ2v) is 7.20. The Bertz CT molecular complexity index is 1200. The molecule has 0 fully saturated rings. The topological polar surface area (TPSA) is 72.4 Å². The van der Waals surface area contributed by atoms with E-state index in [1.165, 1.54) is 0 Å². The summed E-state index contributed by atoms with van der Waals surface area (Å²) < 4.78 is 7.24. The van der Waals surface area contributed by atoms with Gasteiger partial charge in [0.2, 0.25) is 5.91 Å². The molecule has 6 nitrogen and oxygen atoms in total. The Morgan fingerprint density at radius 2 is 1.55 bits per heavy atom. The molecule has 0 aliphatic heterocycles. The number of nitrogens with one attached hydrogen (secondary N) is 2. The van der Waals surface area contributed by atoms with E-state index in [4.69, 9.17) is 4.74 Å².